The zero-order chi connectivity index (χ0) is 17.4. The minimum absolute atomic E-state index is 0.144. The van der Waals surface area contributed by atoms with E-state index in [4.69, 9.17) is 14.2 Å². The lowest BCUT2D eigenvalue weighted by Gasteiger charge is -2.19. The van der Waals surface area contributed by atoms with Crippen molar-refractivity contribution in [1.82, 2.24) is 5.32 Å². The third kappa shape index (κ3) is 4.88. The minimum atomic E-state index is -0.647. The van der Waals surface area contributed by atoms with E-state index in [0.717, 1.165) is 0 Å². The Balaban J connectivity index is 1.86. The van der Waals surface area contributed by atoms with Crippen molar-refractivity contribution in [2.24, 2.45) is 0 Å². The van der Waals surface area contributed by atoms with Gasteiger partial charge in [-0.2, -0.15) is 0 Å². The van der Waals surface area contributed by atoms with Crippen molar-refractivity contribution in [2.45, 2.75) is 19.1 Å². The van der Waals surface area contributed by atoms with Crippen LogP contribution in [-0.2, 0) is 0 Å². The van der Waals surface area contributed by atoms with Crippen LogP contribution in [0.15, 0.2) is 48.5 Å². The van der Waals surface area contributed by atoms with Crippen LogP contribution >= 0.6 is 0 Å². The normalized spacial score (nSPS) is 13.2. The summed E-state index contributed by atoms with van der Waals surface area (Å²) in [6.45, 7) is 2.63. The number of hydrogen-bond donors (Lipinski definition) is 2. The second kappa shape index (κ2) is 9.15. The summed E-state index contributed by atoms with van der Waals surface area (Å²) in [4.78, 5) is 0. The van der Waals surface area contributed by atoms with Gasteiger partial charge in [-0.1, -0.05) is 36.4 Å². The lowest BCUT2D eigenvalue weighted by atomic mass is 10.1. The molecular formula is C19H25NO4. The predicted molar refractivity (Wildman–Crippen MR) is 93.9 cm³/mol. The Labute approximate surface area is 143 Å². The van der Waals surface area contributed by atoms with Crippen LogP contribution in [0.5, 0.6) is 17.2 Å². The van der Waals surface area contributed by atoms with Gasteiger partial charge in [0.15, 0.2) is 11.5 Å². The molecule has 0 spiro atoms. The first-order chi connectivity index (χ1) is 11.7. The van der Waals surface area contributed by atoms with Crippen LogP contribution in [0.2, 0.25) is 0 Å². The number of ether oxygens (including phenoxy) is 3. The molecule has 130 valence electrons. The standard InChI is InChI=1S/C19H25NO4/c1-14(15-8-5-4-6-9-15)20-12-16(21)13-24-19-17(22-2)10-7-11-18(19)23-3/h4-11,14,16,20-21H,12-13H2,1-3H3/t14-,16+/m1/s1. The number of hydrogen-bond acceptors (Lipinski definition) is 5. The molecule has 0 unspecified atom stereocenters. The molecule has 24 heavy (non-hydrogen) atoms. The molecule has 0 aliphatic heterocycles. The van der Waals surface area contributed by atoms with E-state index in [0.29, 0.717) is 23.8 Å². The quantitative estimate of drug-likeness (QED) is 0.740. The smallest absolute Gasteiger partial charge is 0.203 e. The second-order valence-corrected chi connectivity index (χ2v) is 5.50. The van der Waals surface area contributed by atoms with Gasteiger partial charge in [-0.15, -0.1) is 0 Å². The van der Waals surface area contributed by atoms with E-state index in [9.17, 15) is 5.11 Å². The number of benzene rings is 2. The molecule has 0 amide bonds. The molecule has 2 aromatic rings. The molecule has 2 rings (SSSR count). The Morgan fingerprint density at radius 1 is 0.958 bits per heavy atom. The largest absolute Gasteiger partial charge is 0.493 e. The molecule has 0 fully saturated rings. The van der Waals surface area contributed by atoms with Gasteiger partial charge in [-0.3, -0.25) is 0 Å². The van der Waals surface area contributed by atoms with Crippen molar-refractivity contribution in [1.29, 1.82) is 0 Å². The molecule has 0 saturated carbocycles. The maximum Gasteiger partial charge on any atom is 0.203 e. The first-order valence-electron chi connectivity index (χ1n) is 7.96. The number of methoxy groups -OCH3 is 2. The highest BCUT2D eigenvalue weighted by molar-refractivity contribution is 5.51. The SMILES string of the molecule is COc1cccc(OC)c1OC[C@@H](O)CN[C@H](C)c1ccccc1. The highest BCUT2D eigenvalue weighted by Crippen LogP contribution is 2.36. The molecule has 0 saturated heterocycles. The number of nitrogens with one attached hydrogen (secondary N) is 1. The average molecular weight is 331 g/mol. The molecule has 0 radical (unpaired) electrons. The summed E-state index contributed by atoms with van der Waals surface area (Å²) in [5.74, 6) is 1.65. The number of aliphatic hydroxyl groups excluding tert-OH is 1. The lowest BCUT2D eigenvalue weighted by Crippen LogP contribution is -2.33. The number of rotatable bonds is 9. The molecular weight excluding hydrogens is 306 g/mol. The number of aliphatic hydroxyl groups is 1. The van der Waals surface area contributed by atoms with Gasteiger partial charge in [0.2, 0.25) is 5.75 Å². The maximum absolute atomic E-state index is 10.2. The molecule has 0 aromatic heterocycles. The lowest BCUT2D eigenvalue weighted by molar-refractivity contribution is 0.100. The van der Waals surface area contributed by atoms with Crippen LogP contribution in [0.3, 0.4) is 0 Å². The monoisotopic (exact) mass is 331 g/mol. The summed E-state index contributed by atoms with van der Waals surface area (Å²) >= 11 is 0. The van der Waals surface area contributed by atoms with Crippen molar-refractivity contribution in [3.8, 4) is 17.2 Å². The molecule has 2 N–H and O–H groups in total. The van der Waals surface area contributed by atoms with Crippen LogP contribution in [0.25, 0.3) is 0 Å². The van der Waals surface area contributed by atoms with Crippen LogP contribution in [-0.4, -0.2) is 38.6 Å². The van der Waals surface area contributed by atoms with Gasteiger partial charge in [-0.05, 0) is 24.6 Å². The molecule has 0 aliphatic rings. The third-order valence-corrected chi connectivity index (χ3v) is 3.76. The van der Waals surface area contributed by atoms with E-state index in [1.54, 1.807) is 26.4 Å². The molecule has 5 heteroatoms. The average Bonchev–Trinajstić information content (AvgIpc) is 2.64. The van der Waals surface area contributed by atoms with E-state index in [2.05, 4.69) is 24.4 Å². The summed E-state index contributed by atoms with van der Waals surface area (Å²) < 4.78 is 16.3. The molecule has 2 aromatic carbocycles. The van der Waals surface area contributed by atoms with Gasteiger partial charge >= 0.3 is 0 Å². The van der Waals surface area contributed by atoms with E-state index in [1.165, 1.54) is 5.56 Å². The van der Waals surface area contributed by atoms with Gasteiger partial charge in [0.05, 0.1) is 14.2 Å². The van der Waals surface area contributed by atoms with E-state index in [1.807, 2.05) is 24.3 Å². The summed E-state index contributed by atoms with van der Waals surface area (Å²) in [6, 6.07) is 15.7. The van der Waals surface area contributed by atoms with Gasteiger partial charge in [0.25, 0.3) is 0 Å². The predicted octanol–water partition coefficient (Wildman–Crippen LogP) is 2.79. The summed E-state index contributed by atoms with van der Waals surface area (Å²) in [6.07, 6.45) is -0.647. The van der Waals surface area contributed by atoms with Gasteiger partial charge in [0, 0.05) is 12.6 Å². The summed E-state index contributed by atoms with van der Waals surface area (Å²) in [5.41, 5.74) is 1.18. The molecule has 2 atom stereocenters. The van der Waals surface area contributed by atoms with Crippen molar-refractivity contribution in [2.75, 3.05) is 27.4 Å². The molecule has 0 aliphatic carbocycles. The highest BCUT2D eigenvalue weighted by atomic mass is 16.5. The van der Waals surface area contributed by atoms with Crippen LogP contribution in [0, 0.1) is 0 Å². The Kier molecular flexibility index (Phi) is 6.90. The molecule has 0 bridgehead atoms. The first kappa shape index (κ1) is 18.1. The van der Waals surface area contributed by atoms with Crippen molar-refractivity contribution in [3.05, 3.63) is 54.1 Å². The molecule has 0 heterocycles. The summed E-state index contributed by atoms with van der Waals surface area (Å²) in [5, 5.41) is 13.5. The fourth-order valence-electron chi connectivity index (χ4n) is 2.37. The topological polar surface area (TPSA) is 60.0 Å². The fourth-order valence-corrected chi connectivity index (χ4v) is 2.37. The summed E-state index contributed by atoms with van der Waals surface area (Å²) in [7, 11) is 3.14. The van der Waals surface area contributed by atoms with Gasteiger partial charge in [-0.25, -0.2) is 0 Å². The second-order valence-electron chi connectivity index (χ2n) is 5.50. The minimum Gasteiger partial charge on any atom is -0.493 e. The van der Waals surface area contributed by atoms with Crippen LogP contribution < -0.4 is 19.5 Å². The first-order valence-corrected chi connectivity index (χ1v) is 7.96. The Hall–Kier alpha value is -2.24. The number of para-hydroxylation sites is 1. The van der Waals surface area contributed by atoms with E-state index in [-0.39, 0.29) is 12.6 Å². The van der Waals surface area contributed by atoms with Gasteiger partial charge in [0.1, 0.15) is 12.7 Å². The highest BCUT2D eigenvalue weighted by Gasteiger charge is 2.14. The van der Waals surface area contributed by atoms with Crippen LogP contribution in [0.4, 0.5) is 0 Å². The Morgan fingerprint density at radius 3 is 2.17 bits per heavy atom. The third-order valence-electron chi connectivity index (χ3n) is 3.76. The van der Waals surface area contributed by atoms with Crippen molar-refractivity contribution < 1.29 is 19.3 Å². The Morgan fingerprint density at radius 2 is 1.58 bits per heavy atom. The molecule has 5 nitrogen and oxygen atoms in total. The van der Waals surface area contributed by atoms with Crippen molar-refractivity contribution in [3.63, 3.8) is 0 Å². The van der Waals surface area contributed by atoms with Crippen LogP contribution in [0.1, 0.15) is 18.5 Å². The zero-order valence-electron chi connectivity index (χ0n) is 14.4. The van der Waals surface area contributed by atoms with Crippen molar-refractivity contribution >= 4 is 0 Å². The maximum atomic E-state index is 10.2. The van der Waals surface area contributed by atoms with E-state index < -0.39 is 6.10 Å². The fraction of sp³-hybridized carbons (Fsp3) is 0.368. The zero-order valence-corrected chi connectivity index (χ0v) is 14.4. The van der Waals surface area contributed by atoms with E-state index >= 15 is 0 Å². The van der Waals surface area contributed by atoms with Gasteiger partial charge < -0.3 is 24.6 Å². The Bertz CT molecular complexity index is 596.